The van der Waals surface area contributed by atoms with Crippen molar-refractivity contribution in [2.45, 2.75) is 32.7 Å². The van der Waals surface area contributed by atoms with E-state index < -0.39 is 0 Å². The van der Waals surface area contributed by atoms with Crippen LogP contribution in [0.25, 0.3) is 0 Å². The molecule has 100 valence electrons. The fraction of sp³-hybridized carbons (Fsp3) is 0.750. The van der Waals surface area contributed by atoms with Gasteiger partial charge in [0.05, 0.1) is 7.11 Å². The average Bonchev–Trinajstić information content (AvgIpc) is 3.21. The zero-order chi connectivity index (χ0) is 13.1. The monoisotopic (exact) mass is 251 g/mol. The van der Waals surface area contributed by atoms with E-state index in [4.69, 9.17) is 4.74 Å². The molecular weight excluding hydrogens is 230 g/mol. The summed E-state index contributed by atoms with van der Waals surface area (Å²) in [5, 5.41) is 3.09. The fourth-order valence-corrected chi connectivity index (χ4v) is 1.91. The van der Waals surface area contributed by atoms with Gasteiger partial charge in [0.15, 0.2) is 0 Å². The SMILES string of the molecule is CCNc1nc(OC)nc(N(C)C(C)C2CC2)n1. The second-order valence-electron chi connectivity index (χ2n) is 4.66. The summed E-state index contributed by atoms with van der Waals surface area (Å²) in [6.45, 7) is 4.99. The van der Waals surface area contributed by atoms with Gasteiger partial charge in [0.25, 0.3) is 0 Å². The molecule has 1 fully saturated rings. The fourth-order valence-electron chi connectivity index (χ4n) is 1.91. The predicted molar refractivity (Wildman–Crippen MR) is 71.1 cm³/mol. The number of hydrogen-bond donors (Lipinski definition) is 1. The van der Waals surface area contributed by atoms with Crippen molar-refractivity contribution in [2.24, 2.45) is 5.92 Å². The first-order valence-corrected chi connectivity index (χ1v) is 6.42. The number of hydrogen-bond acceptors (Lipinski definition) is 6. The second kappa shape index (κ2) is 5.37. The molecule has 0 saturated heterocycles. The predicted octanol–water partition coefficient (Wildman–Crippen LogP) is 1.55. The smallest absolute Gasteiger partial charge is 0.322 e. The highest BCUT2D eigenvalue weighted by Gasteiger charge is 2.31. The summed E-state index contributed by atoms with van der Waals surface area (Å²) in [5.74, 6) is 1.99. The van der Waals surface area contributed by atoms with E-state index in [2.05, 4.69) is 32.1 Å². The van der Waals surface area contributed by atoms with E-state index in [9.17, 15) is 0 Å². The normalized spacial score (nSPS) is 16.2. The van der Waals surface area contributed by atoms with Gasteiger partial charge in [0.1, 0.15) is 0 Å². The minimum Gasteiger partial charge on any atom is -0.467 e. The van der Waals surface area contributed by atoms with Crippen molar-refractivity contribution in [1.82, 2.24) is 15.0 Å². The van der Waals surface area contributed by atoms with Gasteiger partial charge in [-0.05, 0) is 32.6 Å². The molecule has 0 aliphatic heterocycles. The van der Waals surface area contributed by atoms with Crippen LogP contribution in [0, 0.1) is 5.92 Å². The Balaban J connectivity index is 2.21. The summed E-state index contributed by atoms with van der Waals surface area (Å²) < 4.78 is 5.12. The van der Waals surface area contributed by atoms with Gasteiger partial charge in [0.2, 0.25) is 11.9 Å². The molecule has 1 atom stereocenters. The molecule has 0 aromatic carbocycles. The lowest BCUT2D eigenvalue weighted by Crippen LogP contribution is -2.32. The maximum Gasteiger partial charge on any atom is 0.322 e. The lowest BCUT2D eigenvalue weighted by atomic mass is 10.2. The van der Waals surface area contributed by atoms with Gasteiger partial charge in [-0.2, -0.15) is 15.0 Å². The summed E-state index contributed by atoms with van der Waals surface area (Å²) >= 11 is 0. The van der Waals surface area contributed by atoms with Crippen LogP contribution in [0.1, 0.15) is 26.7 Å². The minimum atomic E-state index is 0.353. The van der Waals surface area contributed by atoms with Crippen molar-refractivity contribution < 1.29 is 4.74 Å². The summed E-state index contributed by atoms with van der Waals surface area (Å²) in [7, 11) is 3.59. The number of aromatic nitrogens is 3. The molecule has 1 aliphatic carbocycles. The van der Waals surface area contributed by atoms with Gasteiger partial charge in [-0.1, -0.05) is 0 Å². The van der Waals surface area contributed by atoms with Gasteiger partial charge in [0, 0.05) is 19.6 Å². The zero-order valence-electron chi connectivity index (χ0n) is 11.5. The molecule has 1 saturated carbocycles. The number of rotatable bonds is 6. The number of nitrogens with zero attached hydrogens (tertiary/aromatic N) is 4. The Morgan fingerprint density at radius 3 is 2.67 bits per heavy atom. The minimum absolute atomic E-state index is 0.353. The number of nitrogens with one attached hydrogen (secondary N) is 1. The van der Waals surface area contributed by atoms with Crippen LogP contribution in [0.15, 0.2) is 0 Å². The molecule has 0 bridgehead atoms. The third-order valence-electron chi connectivity index (χ3n) is 3.35. The number of anilines is 2. The van der Waals surface area contributed by atoms with Crippen LogP contribution >= 0.6 is 0 Å². The summed E-state index contributed by atoms with van der Waals surface area (Å²) in [6.07, 6.45) is 2.60. The van der Waals surface area contributed by atoms with E-state index in [1.54, 1.807) is 7.11 Å². The molecule has 6 heteroatoms. The van der Waals surface area contributed by atoms with Crippen LogP contribution in [-0.2, 0) is 0 Å². The maximum absolute atomic E-state index is 5.12. The molecule has 1 N–H and O–H groups in total. The topological polar surface area (TPSA) is 63.2 Å². The van der Waals surface area contributed by atoms with Crippen LogP contribution < -0.4 is 15.0 Å². The number of ether oxygens (including phenoxy) is 1. The first kappa shape index (κ1) is 12.9. The van der Waals surface area contributed by atoms with Gasteiger partial charge >= 0.3 is 6.01 Å². The third-order valence-corrected chi connectivity index (χ3v) is 3.35. The van der Waals surface area contributed by atoms with E-state index in [0.29, 0.717) is 23.9 Å². The van der Waals surface area contributed by atoms with Crippen molar-refractivity contribution >= 4 is 11.9 Å². The van der Waals surface area contributed by atoms with Crippen molar-refractivity contribution in [1.29, 1.82) is 0 Å². The van der Waals surface area contributed by atoms with E-state index in [1.807, 2.05) is 14.0 Å². The quantitative estimate of drug-likeness (QED) is 0.827. The Bertz CT molecular complexity index is 407. The van der Waals surface area contributed by atoms with Crippen LogP contribution in [0.2, 0.25) is 0 Å². The van der Waals surface area contributed by atoms with Gasteiger partial charge in [-0.25, -0.2) is 0 Å². The standard InChI is InChI=1S/C12H21N5O/c1-5-13-10-14-11(16-12(15-10)18-4)17(3)8(2)9-6-7-9/h8-9H,5-7H2,1-4H3,(H,13,14,15,16). The Kier molecular flexibility index (Phi) is 3.84. The molecule has 2 rings (SSSR count). The van der Waals surface area contributed by atoms with E-state index in [0.717, 1.165) is 12.5 Å². The first-order chi connectivity index (χ1) is 8.65. The Labute approximate surface area is 108 Å². The molecule has 0 amide bonds. The van der Waals surface area contributed by atoms with Crippen LogP contribution in [-0.4, -0.2) is 41.7 Å². The Morgan fingerprint density at radius 1 is 1.39 bits per heavy atom. The lowest BCUT2D eigenvalue weighted by molar-refractivity contribution is 0.378. The Morgan fingerprint density at radius 2 is 2.11 bits per heavy atom. The van der Waals surface area contributed by atoms with E-state index >= 15 is 0 Å². The van der Waals surface area contributed by atoms with Gasteiger partial charge in [-0.15, -0.1) is 0 Å². The summed E-state index contributed by atoms with van der Waals surface area (Å²) in [6, 6.07) is 0.803. The molecular formula is C12H21N5O. The highest BCUT2D eigenvalue weighted by atomic mass is 16.5. The average molecular weight is 251 g/mol. The van der Waals surface area contributed by atoms with Gasteiger partial charge in [-0.3, -0.25) is 0 Å². The molecule has 0 spiro atoms. The van der Waals surface area contributed by atoms with E-state index in [1.165, 1.54) is 12.8 Å². The highest BCUT2D eigenvalue weighted by molar-refractivity contribution is 5.38. The Hall–Kier alpha value is -1.59. The molecule has 1 unspecified atom stereocenters. The van der Waals surface area contributed by atoms with Crippen molar-refractivity contribution in [3.05, 3.63) is 0 Å². The molecule has 1 aromatic rings. The molecule has 0 radical (unpaired) electrons. The largest absolute Gasteiger partial charge is 0.467 e. The summed E-state index contributed by atoms with van der Waals surface area (Å²) in [4.78, 5) is 15.0. The van der Waals surface area contributed by atoms with Crippen LogP contribution in [0.5, 0.6) is 6.01 Å². The molecule has 18 heavy (non-hydrogen) atoms. The third kappa shape index (κ3) is 2.80. The number of methoxy groups -OCH3 is 1. The molecule has 1 heterocycles. The van der Waals surface area contributed by atoms with Gasteiger partial charge < -0.3 is 15.0 Å². The second-order valence-corrected chi connectivity index (χ2v) is 4.66. The van der Waals surface area contributed by atoms with Crippen molar-refractivity contribution in [3.63, 3.8) is 0 Å². The maximum atomic E-state index is 5.12. The van der Waals surface area contributed by atoms with Crippen LogP contribution in [0.4, 0.5) is 11.9 Å². The first-order valence-electron chi connectivity index (χ1n) is 6.42. The van der Waals surface area contributed by atoms with Crippen molar-refractivity contribution in [3.8, 4) is 6.01 Å². The molecule has 6 nitrogen and oxygen atoms in total. The van der Waals surface area contributed by atoms with Crippen LogP contribution in [0.3, 0.4) is 0 Å². The highest BCUT2D eigenvalue weighted by Crippen LogP contribution is 2.35. The lowest BCUT2D eigenvalue weighted by Gasteiger charge is -2.25. The van der Waals surface area contributed by atoms with Crippen molar-refractivity contribution in [2.75, 3.05) is 30.9 Å². The zero-order valence-corrected chi connectivity index (χ0v) is 11.5. The van der Waals surface area contributed by atoms with E-state index in [-0.39, 0.29) is 0 Å². The molecule has 1 aliphatic rings. The summed E-state index contributed by atoms with van der Waals surface area (Å²) in [5.41, 5.74) is 0. The molecule has 1 aromatic heterocycles.